The van der Waals surface area contributed by atoms with Gasteiger partial charge in [0.2, 0.25) is 0 Å². The van der Waals surface area contributed by atoms with Gasteiger partial charge in [0.1, 0.15) is 6.20 Å². The molecule has 3 rings (SSSR count). The fourth-order valence-electron chi connectivity index (χ4n) is 1.65. The van der Waals surface area contributed by atoms with Gasteiger partial charge in [-0.25, -0.2) is 0 Å². The summed E-state index contributed by atoms with van der Waals surface area (Å²) in [6.45, 7) is 0. The molecule has 1 aromatic carbocycles. The van der Waals surface area contributed by atoms with Crippen LogP contribution in [0.5, 0.6) is 0 Å². The zero-order valence-corrected chi connectivity index (χ0v) is 7.44. The molecule has 1 radical (unpaired) electrons. The average molecular weight is 179 g/mol. The highest BCUT2D eigenvalue weighted by Gasteiger charge is 1.99. The first-order chi connectivity index (χ1) is 6.95. The van der Waals surface area contributed by atoms with Gasteiger partial charge in [0.25, 0.3) is 0 Å². The molecule has 0 saturated carbocycles. The summed E-state index contributed by atoms with van der Waals surface area (Å²) in [4.78, 5) is 8.22. The van der Waals surface area contributed by atoms with E-state index < -0.39 is 0 Å². The molecule has 2 heterocycles. The van der Waals surface area contributed by atoms with E-state index in [4.69, 9.17) is 0 Å². The second-order valence-electron chi connectivity index (χ2n) is 3.16. The molecule has 0 N–H and O–H groups in total. The van der Waals surface area contributed by atoms with Gasteiger partial charge in [-0.1, -0.05) is 24.3 Å². The standard InChI is InChI=1S/C12H7N2/c1-2-4-10-9(3-1)7-14-12-8-13-6-5-11(10)12/h1-7H. The van der Waals surface area contributed by atoms with Gasteiger partial charge in [-0.15, -0.1) is 0 Å². The number of rotatable bonds is 0. The highest BCUT2D eigenvalue weighted by atomic mass is 14.7. The Labute approximate surface area is 81.2 Å². The van der Waals surface area contributed by atoms with Crippen molar-refractivity contribution in [2.24, 2.45) is 0 Å². The van der Waals surface area contributed by atoms with Gasteiger partial charge in [0.15, 0.2) is 0 Å². The van der Waals surface area contributed by atoms with E-state index in [0.717, 1.165) is 16.3 Å². The Morgan fingerprint density at radius 1 is 1.00 bits per heavy atom. The summed E-state index contributed by atoms with van der Waals surface area (Å²) >= 11 is 0. The number of hydrogen-bond acceptors (Lipinski definition) is 2. The van der Waals surface area contributed by atoms with Crippen molar-refractivity contribution < 1.29 is 0 Å². The quantitative estimate of drug-likeness (QED) is 0.496. The second-order valence-corrected chi connectivity index (χ2v) is 3.16. The van der Waals surface area contributed by atoms with E-state index in [0.29, 0.717) is 0 Å². The third-order valence-corrected chi connectivity index (χ3v) is 2.33. The zero-order valence-electron chi connectivity index (χ0n) is 7.44. The fourth-order valence-corrected chi connectivity index (χ4v) is 1.65. The van der Waals surface area contributed by atoms with Gasteiger partial charge < -0.3 is 0 Å². The summed E-state index contributed by atoms with van der Waals surface area (Å²) in [7, 11) is 0. The van der Waals surface area contributed by atoms with Gasteiger partial charge in [0.05, 0.1) is 5.52 Å². The van der Waals surface area contributed by atoms with Crippen LogP contribution in [0.4, 0.5) is 0 Å². The number of aromatic nitrogens is 2. The predicted molar refractivity (Wildman–Crippen MR) is 55.9 cm³/mol. The maximum Gasteiger partial charge on any atom is 0.117 e. The van der Waals surface area contributed by atoms with Crippen LogP contribution in [0.15, 0.2) is 42.7 Å². The minimum atomic E-state index is 0.825. The molecule has 2 nitrogen and oxygen atoms in total. The van der Waals surface area contributed by atoms with Crippen molar-refractivity contribution in [3.05, 3.63) is 48.9 Å². The maximum absolute atomic E-state index is 4.29. The molecule has 0 atom stereocenters. The molecule has 2 aromatic heterocycles. The molecule has 0 spiro atoms. The number of fused-ring (bicyclic) bond motifs is 3. The molecule has 3 aromatic rings. The molecule has 0 fully saturated rings. The van der Waals surface area contributed by atoms with Gasteiger partial charge in [-0.3, -0.25) is 9.97 Å². The molecular formula is C12H7N2. The van der Waals surface area contributed by atoms with Crippen LogP contribution in [-0.4, -0.2) is 9.97 Å². The van der Waals surface area contributed by atoms with Crippen LogP contribution in [0.1, 0.15) is 0 Å². The monoisotopic (exact) mass is 179 g/mol. The average Bonchev–Trinajstić information content (AvgIpc) is 2.29. The molecule has 14 heavy (non-hydrogen) atoms. The number of pyridine rings is 2. The van der Waals surface area contributed by atoms with Crippen LogP contribution in [0.25, 0.3) is 21.7 Å². The summed E-state index contributed by atoms with van der Waals surface area (Å²) in [5, 5.41) is 3.47. The van der Waals surface area contributed by atoms with E-state index in [1.165, 1.54) is 5.39 Å². The Kier molecular flexibility index (Phi) is 1.47. The molecule has 2 heteroatoms. The number of hydrogen-bond donors (Lipinski definition) is 0. The lowest BCUT2D eigenvalue weighted by molar-refractivity contribution is 1.31. The topological polar surface area (TPSA) is 25.8 Å². The highest BCUT2D eigenvalue weighted by molar-refractivity contribution is 6.04. The number of benzene rings is 1. The Morgan fingerprint density at radius 3 is 2.93 bits per heavy atom. The van der Waals surface area contributed by atoms with E-state index >= 15 is 0 Å². The normalized spacial score (nSPS) is 10.9. The number of nitrogens with zero attached hydrogens (tertiary/aromatic N) is 2. The molecule has 0 saturated heterocycles. The molecule has 0 unspecified atom stereocenters. The van der Waals surface area contributed by atoms with Gasteiger partial charge in [-0.05, 0) is 11.5 Å². The van der Waals surface area contributed by atoms with Crippen molar-refractivity contribution in [1.29, 1.82) is 0 Å². The first-order valence-corrected chi connectivity index (χ1v) is 4.45. The predicted octanol–water partition coefficient (Wildman–Crippen LogP) is 2.58. The summed E-state index contributed by atoms with van der Waals surface area (Å²) in [5.41, 5.74) is 0.825. The molecular weight excluding hydrogens is 172 g/mol. The summed E-state index contributed by atoms with van der Waals surface area (Å²) < 4.78 is 0. The van der Waals surface area contributed by atoms with E-state index in [1.807, 2.05) is 24.4 Å². The molecule has 0 aliphatic rings. The highest BCUT2D eigenvalue weighted by Crippen LogP contribution is 2.21. The van der Waals surface area contributed by atoms with Gasteiger partial charge in [-0.2, -0.15) is 0 Å². The molecule has 0 amide bonds. The van der Waals surface area contributed by atoms with Crippen LogP contribution in [0.2, 0.25) is 0 Å². The van der Waals surface area contributed by atoms with Crippen molar-refractivity contribution >= 4 is 21.7 Å². The molecule has 65 valence electrons. The van der Waals surface area contributed by atoms with E-state index in [-0.39, 0.29) is 0 Å². The lowest BCUT2D eigenvalue weighted by atomic mass is 10.1. The van der Waals surface area contributed by atoms with Crippen molar-refractivity contribution in [3.63, 3.8) is 0 Å². The van der Waals surface area contributed by atoms with Crippen LogP contribution in [0.3, 0.4) is 0 Å². The minimum Gasteiger partial charge on any atom is -0.253 e. The second kappa shape index (κ2) is 2.77. The van der Waals surface area contributed by atoms with Crippen LogP contribution >= 0.6 is 0 Å². The Bertz CT molecular complexity index is 547. The Morgan fingerprint density at radius 2 is 1.93 bits per heavy atom. The van der Waals surface area contributed by atoms with Gasteiger partial charge in [0, 0.05) is 23.2 Å². The van der Waals surface area contributed by atoms with Crippen molar-refractivity contribution in [3.8, 4) is 0 Å². The Hall–Kier alpha value is -1.96. The van der Waals surface area contributed by atoms with E-state index in [2.05, 4.69) is 28.3 Å². The molecule has 0 bridgehead atoms. The van der Waals surface area contributed by atoms with Crippen LogP contribution in [0, 0.1) is 6.20 Å². The Balaban J connectivity index is 2.61. The summed E-state index contributed by atoms with van der Waals surface area (Å²) in [5.74, 6) is 0. The van der Waals surface area contributed by atoms with E-state index in [9.17, 15) is 0 Å². The molecule has 0 aliphatic carbocycles. The van der Waals surface area contributed by atoms with Crippen molar-refractivity contribution in [2.75, 3.05) is 0 Å². The third-order valence-electron chi connectivity index (χ3n) is 2.33. The fraction of sp³-hybridized carbons (Fsp3) is 0. The molecule has 0 aliphatic heterocycles. The largest absolute Gasteiger partial charge is 0.253 e. The smallest absolute Gasteiger partial charge is 0.117 e. The summed E-state index contributed by atoms with van der Waals surface area (Å²) in [6, 6.07) is 10.2. The SMILES string of the molecule is [c]1nccc2c1ncc1ccccc12. The van der Waals surface area contributed by atoms with Gasteiger partial charge >= 0.3 is 0 Å². The first-order valence-electron chi connectivity index (χ1n) is 4.45. The van der Waals surface area contributed by atoms with Crippen LogP contribution in [-0.2, 0) is 0 Å². The van der Waals surface area contributed by atoms with E-state index in [1.54, 1.807) is 6.20 Å². The van der Waals surface area contributed by atoms with Crippen molar-refractivity contribution in [1.82, 2.24) is 9.97 Å². The third kappa shape index (κ3) is 0.973. The lowest BCUT2D eigenvalue weighted by Gasteiger charge is -2.00. The zero-order chi connectivity index (χ0) is 9.38. The summed E-state index contributed by atoms with van der Waals surface area (Å²) in [6.07, 6.45) is 6.49. The van der Waals surface area contributed by atoms with Crippen molar-refractivity contribution in [2.45, 2.75) is 0 Å². The minimum absolute atomic E-state index is 0.825. The first kappa shape index (κ1) is 7.44. The lowest BCUT2D eigenvalue weighted by Crippen LogP contribution is -1.82. The maximum atomic E-state index is 4.29. The van der Waals surface area contributed by atoms with Crippen LogP contribution < -0.4 is 0 Å².